The van der Waals surface area contributed by atoms with Gasteiger partial charge in [0.15, 0.2) is 0 Å². The zero-order chi connectivity index (χ0) is 18.8. The van der Waals surface area contributed by atoms with E-state index >= 15 is 0 Å². The summed E-state index contributed by atoms with van der Waals surface area (Å²) in [4.78, 5) is 4.21. The lowest BCUT2D eigenvalue weighted by molar-refractivity contribution is 0.677. The molecule has 0 saturated heterocycles. The lowest BCUT2D eigenvalue weighted by Gasteiger charge is -2.20. The molecular formula is C22H15Cl3N2. The van der Waals surface area contributed by atoms with Gasteiger partial charge in [0.25, 0.3) is 0 Å². The van der Waals surface area contributed by atoms with E-state index in [1.54, 1.807) is 18.3 Å². The molecule has 0 aliphatic heterocycles. The first-order chi connectivity index (χ1) is 13.1. The van der Waals surface area contributed by atoms with Crippen molar-refractivity contribution in [1.29, 1.82) is 0 Å². The zero-order valence-electron chi connectivity index (χ0n) is 14.2. The summed E-state index contributed by atoms with van der Waals surface area (Å²) in [5.74, 6) is 0. The van der Waals surface area contributed by atoms with Crippen LogP contribution in [0.3, 0.4) is 0 Å². The third-order valence-corrected chi connectivity index (χ3v) is 5.27. The van der Waals surface area contributed by atoms with E-state index in [1.807, 2.05) is 42.9 Å². The molecule has 4 aromatic rings. The van der Waals surface area contributed by atoms with Gasteiger partial charge in [0, 0.05) is 23.0 Å². The Morgan fingerprint density at radius 3 is 2.00 bits per heavy atom. The maximum atomic E-state index is 6.37. The van der Waals surface area contributed by atoms with E-state index in [1.165, 1.54) is 5.56 Å². The minimum atomic E-state index is 0.0407. The summed E-state index contributed by atoms with van der Waals surface area (Å²) in [6.07, 6.45) is 5.59. The Hall–Kier alpha value is -2.26. The monoisotopic (exact) mass is 412 g/mol. The summed E-state index contributed by atoms with van der Waals surface area (Å²) in [6, 6.07) is 22.0. The van der Waals surface area contributed by atoms with E-state index in [0.717, 1.165) is 16.7 Å². The molecule has 0 amide bonds. The second-order valence-corrected chi connectivity index (χ2v) is 7.44. The molecule has 0 fully saturated rings. The fraction of sp³-hybridized carbons (Fsp3) is 0.0455. The molecule has 2 nitrogen and oxygen atoms in total. The van der Waals surface area contributed by atoms with Crippen molar-refractivity contribution >= 4 is 34.8 Å². The van der Waals surface area contributed by atoms with Crippen LogP contribution >= 0.6 is 34.8 Å². The standard InChI is InChI=1S/C22H15Cl3N2/c23-18-12-19(24)21(20(25)13-18)15-6-8-17(9-7-15)22(27-11-10-26-14-27)16-4-2-1-3-5-16/h1-14,22H. The Morgan fingerprint density at radius 1 is 0.778 bits per heavy atom. The molecule has 3 aromatic carbocycles. The number of imidazole rings is 1. The van der Waals surface area contributed by atoms with Crippen molar-refractivity contribution in [3.05, 3.63) is 112 Å². The Labute approximate surface area is 173 Å². The Kier molecular flexibility index (Phi) is 5.22. The lowest BCUT2D eigenvalue weighted by atomic mass is 9.96. The van der Waals surface area contributed by atoms with Crippen molar-refractivity contribution in [1.82, 2.24) is 9.55 Å². The van der Waals surface area contributed by atoms with Gasteiger partial charge in [-0.15, -0.1) is 0 Å². The largest absolute Gasteiger partial charge is 0.326 e. The van der Waals surface area contributed by atoms with Crippen LogP contribution < -0.4 is 0 Å². The smallest absolute Gasteiger partial charge is 0.0954 e. The molecule has 5 heteroatoms. The van der Waals surface area contributed by atoms with Crippen LogP contribution in [0, 0.1) is 0 Å². The fourth-order valence-electron chi connectivity index (χ4n) is 3.24. The molecule has 1 heterocycles. The number of aromatic nitrogens is 2. The first-order valence-corrected chi connectivity index (χ1v) is 9.54. The average molecular weight is 414 g/mol. The highest BCUT2D eigenvalue weighted by atomic mass is 35.5. The summed E-state index contributed by atoms with van der Waals surface area (Å²) < 4.78 is 2.09. The molecule has 0 radical (unpaired) electrons. The zero-order valence-corrected chi connectivity index (χ0v) is 16.5. The van der Waals surface area contributed by atoms with Gasteiger partial charge in [0.1, 0.15) is 0 Å². The quantitative estimate of drug-likeness (QED) is 0.347. The van der Waals surface area contributed by atoms with Crippen LogP contribution in [0.2, 0.25) is 15.1 Å². The SMILES string of the molecule is Clc1cc(Cl)c(-c2ccc(C(c3ccccc3)n3ccnc3)cc2)c(Cl)c1. The minimum Gasteiger partial charge on any atom is -0.326 e. The highest BCUT2D eigenvalue weighted by Crippen LogP contribution is 2.38. The van der Waals surface area contributed by atoms with E-state index in [-0.39, 0.29) is 6.04 Å². The summed E-state index contributed by atoms with van der Waals surface area (Å²) in [5, 5.41) is 1.60. The first-order valence-electron chi connectivity index (χ1n) is 8.41. The predicted octanol–water partition coefficient (Wildman–Crippen LogP) is 7.15. The predicted molar refractivity (Wildman–Crippen MR) is 113 cm³/mol. The third kappa shape index (κ3) is 3.74. The van der Waals surface area contributed by atoms with Crippen LogP contribution in [0.4, 0.5) is 0 Å². The Bertz CT molecular complexity index is 1020. The van der Waals surface area contributed by atoms with E-state index in [4.69, 9.17) is 34.8 Å². The number of halogens is 3. The second kappa shape index (κ2) is 7.77. The maximum Gasteiger partial charge on any atom is 0.0954 e. The van der Waals surface area contributed by atoms with Gasteiger partial charge < -0.3 is 4.57 Å². The van der Waals surface area contributed by atoms with Gasteiger partial charge in [0.05, 0.1) is 22.4 Å². The van der Waals surface area contributed by atoms with Crippen LogP contribution in [0.15, 0.2) is 85.5 Å². The normalized spacial score (nSPS) is 12.1. The van der Waals surface area contributed by atoms with E-state index < -0.39 is 0 Å². The highest BCUT2D eigenvalue weighted by Gasteiger charge is 2.17. The molecule has 4 rings (SSSR count). The van der Waals surface area contributed by atoms with Crippen molar-refractivity contribution in [2.24, 2.45) is 0 Å². The first kappa shape index (κ1) is 18.1. The van der Waals surface area contributed by atoms with Crippen LogP contribution in [-0.2, 0) is 0 Å². The summed E-state index contributed by atoms with van der Waals surface area (Å²) in [6.45, 7) is 0. The topological polar surface area (TPSA) is 17.8 Å². The molecule has 134 valence electrons. The Balaban J connectivity index is 1.76. The molecule has 1 aromatic heterocycles. The van der Waals surface area contributed by atoms with Crippen molar-refractivity contribution in [2.75, 3.05) is 0 Å². The summed E-state index contributed by atoms with van der Waals surface area (Å²) >= 11 is 18.8. The number of benzene rings is 3. The third-order valence-electron chi connectivity index (χ3n) is 4.46. The van der Waals surface area contributed by atoms with Crippen molar-refractivity contribution < 1.29 is 0 Å². The molecule has 0 aliphatic rings. The van der Waals surface area contributed by atoms with Crippen LogP contribution in [0.25, 0.3) is 11.1 Å². The van der Waals surface area contributed by atoms with Crippen molar-refractivity contribution in [3.63, 3.8) is 0 Å². The van der Waals surface area contributed by atoms with Gasteiger partial charge in [-0.2, -0.15) is 0 Å². The molecule has 0 saturated carbocycles. The second-order valence-electron chi connectivity index (χ2n) is 6.19. The van der Waals surface area contributed by atoms with Gasteiger partial charge in [-0.05, 0) is 28.8 Å². The van der Waals surface area contributed by atoms with E-state index in [0.29, 0.717) is 15.1 Å². The van der Waals surface area contributed by atoms with Crippen LogP contribution in [0.5, 0.6) is 0 Å². The van der Waals surface area contributed by atoms with Gasteiger partial charge >= 0.3 is 0 Å². The molecule has 1 atom stereocenters. The lowest BCUT2D eigenvalue weighted by Crippen LogP contribution is -2.10. The molecule has 0 aliphatic carbocycles. The van der Waals surface area contributed by atoms with E-state index in [2.05, 4.69) is 33.8 Å². The van der Waals surface area contributed by atoms with Gasteiger partial charge in [0.2, 0.25) is 0 Å². The fourth-order valence-corrected chi connectivity index (χ4v) is 4.28. The summed E-state index contributed by atoms with van der Waals surface area (Å²) in [7, 11) is 0. The van der Waals surface area contributed by atoms with Crippen molar-refractivity contribution in [3.8, 4) is 11.1 Å². The molecular weight excluding hydrogens is 399 g/mol. The van der Waals surface area contributed by atoms with Crippen LogP contribution in [0.1, 0.15) is 17.2 Å². The number of hydrogen-bond donors (Lipinski definition) is 0. The van der Waals surface area contributed by atoms with Gasteiger partial charge in [-0.1, -0.05) is 89.4 Å². The van der Waals surface area contributed by atoms with E-state index in [9.17, 15) is 0 Å². The highest BCUT2D eigenvalue weighted by molar-refractivity contribution is 6.41. The van der Waals surface area contributed by atoms with Crippen LogP contribution in [-0.4, -0.2) is 9.55 Å². The molecule has 0 bridgehead atoms. The molecule has 0 N–H and O–H groups in total. The van der Waals surface area contributed by atoms with Gasteiger partial charge in [-0.25, -0.2) is 4.98 Å². The van der Waals surface area contributed by atoms with Crippen molar-refractivity contribution in [2.45, 2.75) is 6.04 Å². The molecule has 0 spiro atoms. The summed E-state index contributed by atoms with van der Waals surface area (Å²) in [5.41, 5.74) is 4.06. The van der Waals surface area contributed by atoms with Gasteiger partial charge in [-0.3, -0.25) is 0 Å². The Morgan fingerprint density at radius 2 is 1.41 bits per heavy atom. The number of hydrogen-bond acceptors (Lipinski definition) is 1. The average Bonchev–Trinajstić information content (AvgIpc) is 3.17. The molecule has 27 heavy (non-hydrogen) atoms. The molecule has 1 unspecified atom stereocenters. The number of rotatable bonds is 4. The minimum absolute atomic E-state index is 0.0407. The maximum absolute atomic E-state index is 6.37. The number of nitrogens with zero attached hydrogens (tertiary/aromatic N) is 2.